The molecule has 0 radical (unpaired) electrons. The van der Waals surface area contributed by atoms with Gasteiger partial charge in [0, 0.05) is 37.8 Å². The minimum absolute atomic E-state index is 0.0392. The third-order valence-corrected chi connectivity index (χ3v) is 10.8. The third-order valence-electron chi connectivity index (χ3n) is 9.92. The average molecular weight is 770 g/mol. The number of nitrogens with two attached hydrogens (primary N) is 1. The van der Waals surface area contributed by atoms with Crippen LogP contribution in [0.3, 0.4) is 0 Å². The van der Waals surface area contributed by atoms with E-state index in [2.05, 4.69) is 5.32 Å². The van der Waals surface area contributed by atoms with Crippen LogP contribution in [0.2, 0.25) is 0 Å². The Kier molecular flexibility index (Phi) is 11.4. The number of primary amides is 1. The number of ether oxygens (including phenoxy) is 2. The summed E-state index contributed by atoms with van der Waals surface area (Å²) in [5.41, 5.74) is 1.75. The zero-order valence-corrected chi connectivity index (χ0v) is 31.2. The van der Waals surface area contributed by atoms with Crippen molar-refractivity contribution >= 4 is 63.9 Å². The summed E-state index contributed by atoms with van der Waals surface area (Å²) in [5.74, 6) is -9.40. The zero-order valence-electron chi connectivity index (χ0n) is 30.4. The molecule has 0 spiro atoms. The summed E-state index contributed by atoms with van der Waals surface area (Å²) in [6, 6.07) is 3.45. The molecule has 1 fully saturated rings. The van der Waals surface area contributed by atoms with Gasteiger partial charge in [-0.3, -0.25) is 29.0 Å². The van der Waals surface area contributed by atoms with Gasteiger partial charge in [-0.25, -0.2) is 9.59 Å². The van der Waals surface area contributed by atoms with Crippen LogP contribution in [0.5, 0.6) is 5.75 Å². The fourth-order valence-electron chi connectivity index (χ4n) is 7.42. The molecule has 290 valence electrons. The number of aliphatic hydroxyl groups excluding tert-OH is 2. The van der Waals surface area contributed by atoms with Crippen LogP contribution in [0.4, 0.5) is 16.2 Å². The van der Waals surface area contributed by atoms with E-state index in [-0.39, 0.29) is 36.2 Å². The maximum absolute atomic E-state index is 14.2. The first-order valence-corrected chi connectivity index (χ1v) is 18.0. The second-order valence-corrected chi connectivity index (χ2v) is 14.7. The lowest BCUT2D eigenvalue weighted by Crippen LogP contribution is -2.65. The smallest absolute Gasteiger partial charge is 0.413 e. The number of carbonyl (C=O) groups is 6. The van der Waals surface area contributed by atoms with Crippen LogP contribution in [0, 0.1) is 11.8 Å². The number of benzene rings is 1. The predicted octanol–water partition coefficient (Wildman–Crippen LogP) is 2.08. The molecule has 0 aliphatic heterocycles. The lowest BCUT2D eigenvalue weighted by atomic mass is 9.57. The highest BCUT2D eigenvalue weighted by Gasteiger charge is 2.64. The highest BCUT2D eigenvalue weighted by molar-refractivity contribution is 7.11. The highest BCUT2D eigenvalue weighted by Crippen LogP contribution is 2.54. The van der Waals surface area contributed by atoms with Crippen molar-refractivity contribution in [3.05, 3.63) is 56.5 Å². The lowest BCUT2D eigenvalue weighted by Gasteiger charge is -2.50. The molecular weight excluding hydrogens is 726 g/mol. The minimum atomic E-state index is -2.81. The van der Waals surface area contributed by atoms with E-state index in [1.807, 2.05) is 6.92 Å². The number of aliphatic hydroxyl groups is 3. The summed E-state index contributed by atoms with van der Waals surface area (Å²) in [4.78, 5) is 82.8. The number of nitrogens with zero attached hydrogens (tertiary/aromatic N) is 3. The van der Waals surface area contributed by atoms with Crippen LogP contribution >= 0.6 is 11.3 Å². The largest absolute Gasteiger partial charge is 0.508 e. The Bertz CT molecular complexity index is 1960. The van der Waals surface area contributed by atoms with Gasteiger partial charge in [0.25, 0.3) is 5.91 Å². The first-order chi connectivity index (χ1) is 25.4. The van der Waals surface area contributed by atoms with Crippen molar-refractivity contribution in [2.24, 2.45) is 17.6 Å². The number of thiophene rings is 1. The van der Waals surface area contributed by atoms with Crippen LogP contribution in [-0.2, 0) is 35.1 Å². The minimum Gasteiger partial charge on any atom is -0.508 e. The number of phenolic OH excluding ortho intramolecular Hbond substituents is 1. The van der Waals surface area contributed by atoms with E-state index in [1.165, 1.54) is 25.1 Å². The number of anilines is 2. The molecule has 1 aromatic carbocycles. The molecule has 0 bridgehead atoms. The number of phenols is 1. The Labute approximate surface area is 314 Å². The molecule has 3 aliphatic carbocycles. The molecule has 1 saturated carbocycles. The van der Waals surface area contributed by atoms with E-state index >= 15 is 0 Å². The van der Waals surface area contributed by atoms with Gasteiger partial charge < -0.3 is 45.9 Å². The first kappa shape index (κ1) is 39.7. The van der Waals surface area contributed by atoms with Gasteiger partial charge in [0.2, 0.25) is 18.5 Å². The van der Waals surface area contributed by atoms with Crippen molar-refractivity contribution in [2.45, 2.75) is 44.2 Å². The van der Waals surface area contributed by atoms with Crippen LogP contribution in [0.1, 0.15) is 47.0 Å². The van der Waals surface area contributed by atoms with Crippen molar-refractivity contribution in [2.75, 3.05) is 58.3 Å². The number of ketones is 2. The van der Waals surface area contributed by atoms with E-state index in [4.69, 9.17) is 15.2 Å². The maximum atomic E-state index is 14.2. The SMILES string of the molecule is CCCCN(CC(=O)Nc1cc(N(C)C)c2c(c1O)C(O)=C1C(=O)[C@]3(O)C(O)=C(C(N)=O)C(=O)[C@@H](N(C)C)[C@@H]3C[C@@H]1C2)C(=O)OCOC(=O)c1cccs1. The van der Waals surface area contributed by atoms with Gasteiger partial charge in [0.05, 0.1) is 17.3 Å². The number of amides is 3. The Hall–Kier alpha value is -5.46. The first-order valence-electron chi connectivity index (χ1n) is 17.1. The Morgan fingerprint density at radius 1 is 1.09 bits per heavy atom. The molecule has 18 heteroatoms. The number of hydrogen-bond acceptors (Lipinski definition) is 15. The summed E-state index contributed by atoms with van der Waals surface area (Å²) in [6.07, 6.45) is 0.195. The number of nitrogens with one attached hydrogen (secondary N) is 1. The third kappa shape index (κ3) is 6.99. The van der Waals surface area contributed by atoms with Gasteiger partial charge in [-0.15, -0.1) is 11.3 Å². The summed E-state index contributed by atoms with van der Waals surface area (Å²) in [7, 11) is 6.40. The quantitative estimate of drug-likeness (QED) is 0.0783. The number of rotatable bonds is 12. The Morgan fingerprint density at radius 3 is 2.39 bits per heavy atom. The fraction of sp³-hybridized carbons (Fsp3) is 0.444. The van der Waals surface area contributed by atoms with E-state index in [9.17, 15) is 49.2 Å². The van der Waals surface area contributed by atoms with Crippen molar-refractivity contribution in [3.63, 3.8) is 0 Å². The molecule has 1 aromatic heterocycles. The molecule has 7 N–H and O–H groups in total. The van der Waals surface area contributed by atoms with E-state index in [0.29, 0.717) is 29.0 Å². The summed E-state index contributed by atoms with van der Waals surface area (Å²) in [5, 5.41) is 50.6. The number of hydrogen-bond donors (Lipinski definition) is 6. The van der Waals surface area contributed by atoms with E-state index in [0.717, 1.165) is 16.2 Å². The van der Waals surface area contributed by atoms with Crippen molar-refractivity contribution in [3.8, 4) is 5.75 Å². The predicted molar refractivity (Wildman–Crippen MR) is 195 cm³/mol. The van der Waals surface area contributed by atoms with Gasteiger partial charge in [-0.2, -0.15) is 0 Å². The molecule has 3 aliphatic rings. The second kappa shape index (κ2) is 15.5. The Balaban J connectivity index is 1.46. The van der Waals surface area contributed by atoms with Crippen LogP contribution in [-0.4, -0.2) is 125 Å². The molecule has 4 atom stereocenters. The molecule has 0 saturated heterocycles. The number of Topliss-reactive ketones (excluding diaryl/α,β-unsaturated/α-hetero) is 2. The van der Waals surface area contributed by atoms with Crippen LogP contribution < -0.4 is 16.0 Å². The van der Waals surface area contributed by atoms with Gasteiger partial charge in [0.15, 0.2) is 11.4 Å². The van der Waals surface area contributed by atoms with Gasteiger partial charge >= 0.3 is 12.1 Å². The number of carbonyl (C=O) groups excluding carboxylic acids is 6. The van der Waals surface area contributed by atoms with Crippen molar-refractivity contribution < 1.29 is 58.7 Å². The molecule has 2 aromatic rings. The average Bonchev–Trinajstić information content (AvgIpc) is 3.64. The normalized spacial score (nSPS) is 21.9. The molecular formula is C36H43N5O12S. The van der Waals surface area contributed by atoms with E-state index < -0.39 is 95.1 Å². The topological polar surface area (TPSA) is 250 Å². The monoisotopic (exact) mass is 769 g/mol. The number of unbranched alkanes of at least 4 members (excludes halogenated alkanes) is 1. The zero-order chi connectivity index (χ0) is 39.8. The Morgan fingerprint density at radius 2 is 1.80 bits per heavy atom. The maximum Gasteiger partial charge on any atom is 0.413 e. The molecule has 3 amide bonds. The van der Waals surface area contributed by atoms with Crippen molar-refractivity contribution in [1.29, 1.82) is 0 Å². The van der Waals surface area contributed by atoms with Gasteiger partial charge in [-0.1, -0.05) is 19.4 Å². The number of aromatic hydroxyl groups is 1. The molecule has 0 unspecified atom stereocenters. The van der Waals surface area contributed by atoms with E-state index in [1.54, 1.807) is 36.5 Å². The molecule has 1 heterocycles. The summed E-state index contributed by atoms with van der Waals surface area (Å²) >= 11 is 1.15. The summed E-state index contributed by atoms with van der Waals surface area (Å²) in [6.45, 7) is 0.766. The van der Waals surface area contributed by atoms with Gasteiger partial charge in [0.1, 0.15) is 34.3 Å². The molecule has 17 nitrogen and oxygen atoms in total. The summed E-state index contributed by atoms with van der Waals surface area (Å²) < 4.78 is 10.1. The number of fused-ring (bicyclic) bond motifs is 3. The van der Waals surface area contributed by atoms with Crippen molar-refractivity contribution in [1.82, 2.24) is 9.80 Å². The lowest BCUT2D eigenvalue weighted by molar-refractivity contribution is -0.153. The fourth-order valence-corrected chi connectivity index (χ4v) is 8.04. The number of likely N-dealkylation sites (N-methyl/N-ethyl adjacent to an activating group) is 1. The van der Waals surface area contributed by atoms with Crippen LogP contribution in [0.25, 0.3) is 5.76 Å². The highest BCUT2D eigenvalue weighted by atomic mass is 32.1. The van der Waals surface area contributed by atoms with Crippen LogP contribution in [0.15, 0.2) is 40.5 Å². The molecule has 54 heavy (non-hydrogen) atoms. The van der Waals surface area contributed by atoms with Gasteiger partial charge in [-0.05, 0) is 62.4 Å². The standard InChI is InChI=1S/C36H43N5O12S/c1-6-7-10-41(35(50)53-16-52-34(49)22-9-8-11-54-22)15-23(42)38-20-14-21(39(2)3)18-12-17-13-19-27(40(4)5)30(45)26(33(37)48)32(47)36(19,51)31(46)24(17)29(44)25(18)28(20)43/h8-9,11,14,17,19,27,43-44,47,51H,6-7,10,12-13,15-16H2,1-5H3,(H2,37,48)(H,38,42)/t17-,19-,27-,36-/m0/s1. The molecule has 5 rings (SSSR count). The number of esters is 1. The second-order valence-electron chi connectivity index (χ2n) is 13.8.